The lowest BCUT2D eigenvalue weighted by Crippen LogP contribution is -2.05. The number of rotatable bonds is 6. The summed E-state index contributed by atoms with van der Waals surface area (Å²) in [6, 6.07) is 19.6. The first-order valence-corrected chi connectivity index (χ1v) is 7.63. The molecule has 3 rings (SSSR count). The topological polar surface area (TPSA) is 17.0 Å². The minimum atomic E-state index is 0.922. The Morgan fingerprint density at radius 2 is 1.81 bits per heavy atom. The van der Waals surface area contributed by atoms with Gasteiger partial charge in [0, 0.05) is 24.8 Å². The van der Waals surface area contributed by atoms with E-state index in [9.17, 15) is 0 Å². The molecule has 1 aromatic heterocycles. The second-order valence-electron chi connectivity index (χ2n) is 5.52. The van der Waals surface area contributed by atoms with Crippen LogP contribution in [0.15, 0.2) is 60.8 Å². The van der Waals surface area contributed by atoms with Crippen LogP contribution in [0.2, 0.25) is 0 Å². The monoisotopic (exact) mass is 278 g/mol. The Bertz CT molecular complexity index is 698. The molecule has 0 aliphatic rings. The molecule has 0 fully saturated rings. The van der Waals surface area contributed by atoms with Crippen LogP contribution >= 0.6 is 0 Å². The molecule has 2 heteroatoms. The van der Waals surface area contributed by atoms with E-state index >= 15 is 0 Å². The highest BCUT2D eigenvalue weighted by atomic mass is 14.9. The number of nitrogens with zero attached hydrogens (tertiary/aromatic N) is 1. The maximum absolute atomic E-state index is 3.22. The minimum Gasteiger partial charge on any atom is -0.347 e. The second kappa shape index (κ2) is 6.59. The van der Waals surface area contributed by atoms with Gasteiger partial charge in [0.25, 0.3) is 0 Å². The van der Waals surface area contributed by atoms with Gasteiger partial charge in [0.05, 0.1) is 0 Å². The molecule has 0 aliphatic heterocycles. The van der Waals surface area contributed by atoms with Crippen LogP contribution in [0.4, 0.5) is 0 Å². The summed E-state index contributed by atoms with van der Waals surface area (Å²) in [6.07, 6.45) is 4.51. The van der Waals surface area contributed by atoms with Crippen molar-refractivity contribution >= 4 is 10.9 Å². The molecule has 2 nitrogen and oxygen atoms in total. The van der Waals surface area contributed by atoms with E-state index in [-0.39, 0.29) is 0 Å². The van der Waals surface area contributed by atoms with E-state index in [0.717, 1.165) is 19.5 Å². The number of hydrogen-bond donors (Lipinski definition) is 1. The first kappa shape index (κ1) is 13.9. The molecule has 21 heavy (non-hydrogen) atoms. The van der Waals surface area contributed by atoms with E-state index in [2.05, 4.69) is 70.7 Å². The van der Waals surface area contributed by atoms with Gasteiger partial charge in [-0.2, -0.15) is 0 Å². The van der Waals surface area contributed by atoms with Crippen molar-refractivity contribution in [2.75, 3.05) is 7.05 Å². The first-order chi connectivity index (χ1) is 10.4. The van der Waals surface area contributed by atoms with Crippen molar-refractivity contribution in [1.29, 1.82) is 0 Å². The number of benzene rings is 2. The SMILES string of the molecule is CNCc1ccc2ccn(CCCc3ccccc3)c2c1. The lowest BCUT2D eigenvalue weighted by atomic mass is 10.1. The van der Waals surface area contributed by atoms with Crippen LogP contribution in [-0.2, 0) is 19.5 Å². The molecule has 2 aromatic carbocycles. The van der Waals surface area contributed by atoms with Gasteiger partial charge >= 0.3 is 0 Å². The molecule has 108 valence electrons. The van der Waals surface area contributed by atoms with Gasteiger partial charge in [0.15, 0.2) is 0 Å². The molecule has 0 atom stereocenters. The Kier molecular flexibility index (Phi) is 4.37. The van der Waals surface area contributed by atoms with Crippen LogP contribution in [0.25, 0.3) is 10.9 Å². The predicted molar refractivity (Wildman–Crippen MR) is 89.5 cm³/mol. The summed E-state index contributed by atoms with van der Waals surface area (Å²) in [5.41, 5.74) is 4.11. The predicted octanol–water partition coefficient (Wildman–Crippen LogP) is 3.99. The molecule has 0 saturated heterocycles. The van der Waals surface area contributed by atoms with Gasteiger partial charge in [0.2, 0.25) is 0 Å². The molecule has 0 saturated carbocycles. The van der Waals surface area contributed by atoms with Crippen molar-refractivity contribution in [1.82, 2.24) is 9.88 Å². The molecule has 0 unspecified atom stereocenters. The molecule has 0 bridgehead atoms. The summed E-state index contributed by atoms with van der Waals surface area (Å²) in [7, 11) is 1.99. The van der Waals surface area contributed by atoms with Crippen LogP contribution < -0.4 is 5.32 Å². The number of hydrogen-bond acceptors (Lipinski definition) is 1. The van der Waals surface area contributed by atoms with Gasteiger partial charge in [-0.25, -0.2) is 0 Å². The molecule has 0 amide bonds. The zero-order valence-electron chi connectivity index (χ0n) is 12.5. The van der Waals surface area contributed by atoms with Crippen molar-refractivity contribution in [3.05, 3.63) is 71.9 Å². The maximum Gasteiger partial charge on any atom is 0.0483 e. The number of nitrogens with one attached hydrogen (secondary N) is 1. The maximum atomic E-state index is 3.22. The molecule has 1 N–H and O–H groups in total. The fourth-order valence-electron chi connectivity index (χ4n) is 2.84. The third kappa shape index (κ3) is 3.34. The Morgan fingerprint density at radius 3 is 2.62 bits per heavy atom. The van der Waals surface area contributed by atoms with E-state index in [1.807, 2.05) is 7.05 Å². The quantitative estimate of drug-likeness (QED) is 0.721. The van der Waals surface area contributed by atoms with Crippen LogP contribution in [0.1, 0.15) is 17.5 Å². The van der Waals surface area contributed by atoms with E-state index < -0.39 is 0 Å². The van der Waals surface area contributed by atoms with Crippen molar-refractivity contribution in [3.63, 3.8) is 0 Å². The summed E-state index contributed by atoms with van der Waals surface area (Å²) in [5, 5.41) is 4.54. The zero-order chi connectivity index (χ0) is 14.5. The van der Waals surface area contributed by atoms with Gasteiger partial charge in [-0.15, -0.1) is 0 Å². The summed E-state index contributed by atoms with van der Waals surface area (Å²) >= 11 is 0. The minimum absolute atomic E-state index is 0.922. The van der Waals surface area contributed by atoms with Gasteiger partial charge in [0.1, 0.15) is 0 Å². The molecule has 0 radical (unpaired) electrons. The third-order valence-electron chi connectivity index (χ3n) is 3.93. The van der Waals surface area contributed by atoms with E-state index in [0.29, 0.717) is 0 Å². The fraction of sp³-hybridized carbons (Fsp3) is 0.263. The van der Waals surface area contributed by atoms with Crippen molar-refractivity contribution in [2.24, 2.45) is 0 Å². The van der Waals surface area contributed by atoms with Gasteiger partial charge < -0.3 is 9.88 Å². The van der Waals surface area contributed by atoms with Crippen molar-refractivity contribution in [2.45, 2.75) is 25.9 Å². The van der Waals surface area contributed by atoms with Crippen LogP contribution in [0, 0.1) is 0 Å². The van der Waals surface area contributed by atoms with E-state index in [1.54, 1.807) is 0 Å². The summed E-state index contributed by atoms with van der Waals surface area (Å²) in [5.74, 6) is 0. The summed E-state index contributed by atoms with van der Waals surface area (Å²) in [6.45, 7) is 1.99. The normalized spacial score (nSPS) is 11.1. The zero-order valence-corrected chi connectivity index (χ0v) is 12.5. The first-order valence-electron chi connectivity index (χ1n) is 7.63. The number of aromatic nitrogens is 1. The number of aryl methyl sites for hydroxylation is 2. The third-order valence-corrected chi connectivity index (χ3v) is 3.93. The Labute approximate surface area is 126 Å². The lowest BCUT2D eigenvalue weighted by molar-refractivity contribution is 0.661. The lowest BCUT2D eigenvalue weighted by Gasteiger charge is -2.07. The highest BCUT2D eigenvalue weighted by molar-refractivity contribution is 5.80. The Balaban J connectivity index is 1.70. The van der Waals surface area contributed by atoms with Crippen LogP contribution in [0.5, 0.6) is 0 Å². The molecule has 3 aromatic rings. The van der Waals surface area contributed by atoms with Gasteiger partial charge in [-0.1, -0.05) is 42.5 Å². The molecule has 1 heterocycles. The fourth-order valence-corrected chi connectivity index (χ4v) is 2.84. The average molecular weight is 278 g/mol. The van der Waals surface area contributed by atoms with Gasteiger partial charge in [-0.3, -0.25) is 0 Å². The van der Waals surface area contributed by atoms with Gasteiger partial charge in [-0.05, 0) is 48.5 Å². The number of fused-ring (bicyclic) bond motifs is 1. The summed E-state index contributed by atoms with van der Waals surface area (Å²) < 4.78 is 2.37. The van der Waals surface area contributed by atoms with Crippen LogP contribution in [-0.4, -0.2) is 11.6 Å². The molecule has 0 spiro atoms. The molecular weight excluding hydrogens is 256 g/mol. The average Bonchev–Trinajstić information content (AvgIpc) is 2.91. The van der Waals surface area contributed by atoms with Crippen molar-refractivity contribution in [3.8, 4) is 0 Å². The highest BCUT2D eigenvalue weighted by Gasteiger charge is 2.02. The highest BCUT2D eigenvalue weighted by Crippen LogP contribution is 2.18. The smallest absolute Gasteiger partial charge is 0.0483 e. The van der Waals surface area contributed by atoms with E-state index in [1.165, 1.54) is 28.5 Å². The summed E-state index contributed by atoms with van der Waals surface area (Å²) in [4.78, 5) is 0. The Morgan fingerprint density at radius 1 is 0.952 bits per heavy atom. The standard InChI is InChI=1S/C19H22N2/c1-20-15-17-9-10-18-11-13-21(19(18)14-17)12-5-8-16-6-3-2-4-7-16/h2-4,6-7,9-11,13-14,20H,5,8,12,15H2,1H3. The van der Waals surface area contributed by atoms with Crippen LogP contribution in [0.3, 0.4) is 0 Å². The van der Waals surface area contributed by atoms with Crippen molar-refractivity contribution < 1.29 is 0 Å². The van der Waals surface area contributed by atoms with E-state index in [4.69, 9.17) is 0 Å². The largest absolute Gasteiger partial charge is 0.347 e. The Hall–Kier alpha value is -2.06. The second-order valence-corrected chi connectivity index (χ2v) is 5.52. The molecule has 0 aliphatic carbocycles. The molecular formula is C19H22N2.